The molecule has 140 valence electrons. The van der Waals surface area contributed by atoms with E-state index >= 15 is 0 Å². The van der Waals surface area contributed by atoms with Crippen LogP contribution in [-0.2, 0) is 0 Å². The van der Waals surface area contributed by atoms with Crippen molar-refractivity contribution >= 4 is 0 Å². The molecule has 0 heterocycles. The highest BCUT2D eigenvalue weighted by molar-refractivity contribution is 5.48. The molecule has 0 aliphatic carbocycles. The van der Waals surface area contributed by atoms with Gasteiger partial charge in [-0.2, -0.15) is 8.78 Å². The summed E-state index contributed by atoms with van der Waals surface area (Å²) in [6, 6.07) is 6.26. The first-order valence-electron chi connectivity index (χ1n) is 8.57. The Morgan fingerprint density at radius 3 is 1.96 bits per heavy atom. The Morgan fingerprint density at radius 2 is 1.41 bits per heavy atom. The standard InChI is InChI=1S/C22H18F4O/c1-3-5-6-7-14-27-22-20(25)18(23)17(19(24)21(22)26)13-12-16-10-8-15(4-2)9-11-16/h2,8-11H,3,5-7,14H2,1H3. The van der Waals surface area contributed by atoms with Gasteiger partial charge in [0.25, 0.3) is 0 Å². The highest BCUT2D eigenvalue weighted by atomic mass is 19.2. The van der Waals surface area contributed by atoms with Crippen molar-refractivity contribution in [2.45, 2.75) is 32.6 Å². The van der Waals surface area contributed by atoms with Gasteiger partial charge in [0.15, 0.2) is 17.4 Å². The van der Waals surface area contributed by atoms with E-state index in [0.717, 1.165) is 19.3 Å². The molecular formula is C22H18F4O. The third kappa shape index (κ3) is 5.05. The van der Waals surface area contributed by atoms with Gasteiger partial charge in [-0.25, -0.2) is 8.78 Å². The maximum Gasteiger partial charge on any atom is 0.205 e. The smallest absolute Gasteiger partial charge is 0.205 e. The van der Waals surface area contributed by atoms with E-state index in [1.165, 1.54) is 0 Å². The molecular weight excluding hydrogens is 356 g/mol. The molecule has 0 fully saturated rings. The van der Waals surface area contributed by atoms with Crippen LogP contribution in [0.3, 0.4) is 0 Å². The van der Waals surface area contributed by atoms with Gasteiger partial charge in [-0.1, -0.05) is 43.9 Å². The fourth-order valence-corrected chi connectivity index (χ4v) is 2.34. The van der Waals surface area contributed by atoms with Crippen LogP contribution in [0.5, 0.6) is 5.75 Å². The third-order valence-corrected chi connectivity index (χ3v) is 3.85. The zero-order valence-electron chi connectivity index (χ0n) is 14.8. The van der Waals surface area contributed by atoms with Crippen LogP contribution in [0.15, 0.2) is 24.3 Å². The van der Waals surface area contributed by atoms with Gasteiger partial charge in [0, 0.05) is 11.1 Å². The van der Waals surface area contributed by atoms with Crippen LogP contribution in [-0.4, -0.2) is 6.61 Å². The first kappa shape index (κ1) is 20.4. The lowest BCUT2D eigenvalue weighted by atomic mass is 10.1. The molecule has 27 heavy (non-hydrogen) atoms. The molecule has 0 N–H and O–H groups in total. The Balaban J connectivity index is 2.26. The highest BCUT2D eigenvalue weighted by Crippen LogP contribution is 2.30. The predicted molar refractivity (Wildman–Crippen MR) is 96.3 cm³/mol. The van der Waals surface area contributed by atoms with Crippen LogP contribution in [0.4, 0.5) is 17.6 Å². The van der Waals surface area contributed by atoms with E-state index in [4.69, 9.17) is 11.2 Å². The van der Waals surface area contributed by atoms with Crippen molar-refractivity contribution in [2.24, 2.45) is 0 Å². The minimum absolute atomic E-state index is 0.0285. The average molecular weight is 374 g/mol. The van der Waals surface area contributed by atoms with Gasteiger partial charge in [0.05, 0.1) is 6.61 Å². The second-order valence-electron chi connectivity index (χ2n) is 5.84. The Bertz CT molecular complexity index is 870. The lowest BCUT2D eigenvalue weighted by Crippen LogP contribution is -2.08. The van der Waals surface area contributed by atoms with E-state index in [1.54, 1.807) is 24.3 Å². The molecule has 0 saturated carbocycles. The van der Waals surface area contributed by atoms with Gasteiger partial charge in [0.1, 0.15) is 5.56 Å². The number of halogens is 4. The van der Waals surface area contributed by atoms with Gasteiger partial charge < -0.3 is 4.74 Å². The van der Waals surface area contributed by atoms with Gasteiger partial charge >= 0.3 is 0 Å². The third-order valence-electron chi connectivity index (χ3n) is 3.85. The zero-order valence-corrected chi connectivity index (χ0v) is 14.8. The topological polar surface area (TPSA) is 9.23 Å². The molecule has 2 aromatic carbocycles. The van der Waals surface area contributed by atoms with Crippen molar-refractivity contribution < 1.29 is 22.3 Å². The SMILES string of the molecule is C#Cc1ccc(C#Cc2c(F)c(F)c(OCCCCCC)c(F)c2F)cc1. The summed E-state index contributed by atoms with van der Waals surface area (Å²) >= 11 is 0. The fourth-order valence-electron chi connectivity index (χ4n) is 2.34. The monoisotopic (exact) mass is 374 g/mol. The van der Waals surface area contributed by atoms with Crippen LogP contribution in [0.2, 0.25) is 0 Å². The van der Waals surface area contributed by atoms with Crippen molar-refractivity contribution in [3.8, 4) is 29.9 Å². The van der Waals surface area contributed by atoms with Crippen molar-refractivity contribution in [3.63, 3.8) is 0 Å². The minimum atomic E-state index is -1.59. The molecule has 0 atom stereocenters. The van der Waals surface area contributed by atoms with Gasteiger partial charge in [0.2, 0.25) is 11.6 Å². The van der Waals surface area contributed by atoms with Crippen LogP contribution in [0, 0.1) is 47.5 Å². The molecule has 0 spiro atoms. The Morgan fingerprint density at radius 1 is 0.815 bits per heavy atom. The molecule has 0 unspecified atom stereocenters. The molecule has 5 heteroatoms. The quantitative estimate of drug-likeness (QED) is 0.277. The lowest BCUT2D eigenvalue weighted by molar-refractivity contribution is 0.263. The van der Waals surface area contributed by atoms with Crippen LogP contribution in [0.1, 0.15) is 49.3 Å². The number of terminal acetylenes is 1. The van der Waals surface area contributed by atoms with Crippen molar-refractivity contribution in [1.29, 1.82) is 0 Å². The van der Waals surface area contributed by atoms with E-state index < -0.39 is 34.6 Å². The summed E-state index contributed by atoms with van der Waals surface area (Å²) < 4.78 is 61.5. The number of hydrogen-bond donors (Lipinski definition) is 0. The molecule has 0 saturated heterocycles. The van der Waals surface area contributed by atoms with Gasteiger partial charge in [-0.05, 0) is 30.7 Å². The van der Waals surface area contributed by atoms with Crippen LogP contribution < -0.4 is 4.74 Å². The van der Waals surface area contributed by atoms with Gasteiger partial charge in [-0.15, -0.1) is 6.42 Å². The molecule has 2 rings (SSSR count). The fraction of sp³-hybridized carbons (Fsp3) is 0.273. The number of unbranched alkanes of at least 4 members (excludes halogenated alkanes) is 3. The first-order valence-corrected chi connectivity index (χ1v) is 8.57. The molecule has 0 radical (unpaired) electrons. The number of hydrogen-bond acceptors (Lipinski definition) is 1. The second-order valence-corrected chi connectivity index (χ2v) is 5.84. The van der Waals surface area contributed by atoms with E-state index in [1.807, 2.05) is 6.92 Å². The maximum absolute atomic E-state index is 14.2. The summed E-state index contributed by atoms with van der Waals surface area (Å²) in [5.41, 5.74) is 0.0182. The molecule has 0 aromatic heterocycles. The summed E-state index contributed by atoms with van der Waals surface area (Å²) in [6.45, 7) is 1.98. The number of ether oxygens (including phenoxy) is 1. The maximum atomic E-state index is 14.2. The molecule has 1 nitrogen and oxygen atoms in total. The largest absolute Gasteiger partial charge is 0.487 e. The summed E-state index contributed by atoms with van der Waals surface area (Å²) in [5.74, 6) is -0.365. The Hall–Kier alpha value is -2.92. The van der Waals surface area contributed by atoms with Crippen LogP contribution >= 0.6 is 0 Å². The first-order chi connectivity index (χ1) is 13.0. The zero-order chi connectivity index (χ0) is 19.8. The highest BCUT2D eigenvalue weighted by Gasteiger charge is 2.25. The predicted octanol–water partition coefficient (Wildman–Crippen LogP) is 5.58. The average Bonchev–Trinajstić information content (AvgIpc) is 2.69. The second kappa shape index (κ2) is 9.69. The Kier molecular flexibility index (Phi) is 7.32. The summed E-state index contributed by atoms with van der Waals surface area (Å²) in [4.78, 5) is 0. The molecule has 2 aromatic rings. The number of benzene rings is 2. The minimum Gasteiger partial charge on any atom is -0.487 e. The van der Waals surface area contributed by atoms with Crippen molar-refractivity contribution in [2.75, 3.05) is 6.61 Å². The van der Waals surface area contributed by atoms with E-state index in [9.17, 15) is 17.6 Å². The molecule has 0 aliphatic rings. The number of rotatable bonds is 6. The van der Waals surface area contributed by atoms with Gasteiger partial charge in [-0.3, -0.25) is 0 Å². The van der Waals surface area contributed by atoms with Crippen LogP contribution in [0.25, 0.3) is 0 Å². The normalized spacial score (nSPS) is 10.1. The lowest BCUT2D eigenvalue weighted by Gasteiger charge is -2.10. The van der Waals surface area contributed by atoms with E-state index in [2.05, 4.69) is 17.8 Å². The molecule has 0 bridgehead atoms. The summed E-state index contributed by atoms with van der Waals surface area (Å²) in [6.07, 6.45) is 8.48. The van der Waals surface area contributed by atoms with E-state index in [-0.39, 0.29) is 6.61 Å². The summed E-state index contributed by atoms with van der Waals surface area (Å²) in [5, 5.41) is 0. The molecule has 0 amide bonds. The summed E-state index contributed by atoms with van der Waals surface area (Å²) in [7, 11) is 0. The van der Waals surface area contributed by atoms with E-state index in [0.29, 0.717) is 17.5 Å². The molecule has 0 aliphatic heterocycles. The van der Waals surface area contributed by atoms with Crippen molar-refractivity contribution in [3.05, 3.63) is 64.2 Å². The Labute approximate surface area is 156 Å². The van der Waals surface area contributed by atoms with Crippen molar-refractivity contribution in [1.82, 2.24) is 0 Å².